The molecule has 0 bridgehead atoms. The second-order valence-corrected chi connectivity index (χ2v) is 4.27. The zero-order chi connectivity index (χ0) is 12.3. The van der Waals surface area contributed by atoms with Gasteiger partial charge in [-0.25, -0.2) is 4.98 Å². The molecule has 0 radical (unpaired) electrons. The molecule has 1 N–H and O–H groups in total. The van der Waals surface area contributed by atoms with Crippen LogP contribution in [0, 0.1) is 0 Å². The topological polar surface area (TPSA) is 42.0 Å². The van der Waals surface area contributed by atoms with Crippen molar-refractivity contribution in [3.05, 3.63) is 53.3 Å². The predicted octanol–water partition coefficient (Wildman–Crippen LogP) is 3.28. The second-order valence-electron chi connectivity index (χ2n) is 3.37. The van der Waals surface area contributed by atoms with Crippen molar-refractivity contribution in [3.63, 3.8) is 0 Å². The van der Waals surface area contributed by atoms with Crippen LogP contribution in [0.25, 0.3) is 0 Å². The summed E-state index contributed by atoms with van der Waals surface area (Å²) in [5.74, 6) is -0.192. The molecule has 0 aliphatic heterocycles. The van der Waals surface area contributed by atoms with Gasteiger partial charge < -0.3 is 5.32 Å². The fourth-order valence-electron chi connectivity index (χ4n) is 1.27. The van der Waals surface area contributed by atoms with E-state index >= 15 is 0 Å². The molecule has 0 aliphatic rings. The Bertz CT molecular complexity index is 525. The minimum Gasteiger partial charge on any atom is -0.321 e. The van der Waals surface area contributed by atoms with Crippen LogP contribution in [-0.4, -0.2) is 10.9 Å². The summed E-state index contributed by atoms with van der Waals surface area (Å²) in [5.41, 5.74) is 1.17. The quantitative estimate of drug-likeness (QED) is 0.646. The number of hydrogen-bond donors (Lipinski definition) is 2. The Hall–Kier alpha value is -1.52. The number of aromatic nitrogens is 1. The number of amides is 1. The first-order valence-electron chi connectivity index (χ1n) is 4.87. The molecule has 0 unspecified atom stereocenters. The summed E-state index contributed by atoms with van der Waals surface area (Å²) in [4.78, 5) is 16.5. The van der Waals surface area contributed by atoms with Gasteiger partial charge in [0.05, 0.1) is 11.9 Å². The van der Waals surface area contributed by atoms with E-state index in [1.54, 1.807) is 36.4 Å². The maximum Gasteiger partial charge on any atom is 0.255 e. The Morgan fingerprint density at radius 2 is 1.88 bits per heavy atom. The number of hydrogen-bond acceptors (Lipinski definition) is 3. The van der Waals surface area contributed by atoms with Crippen molar-refractivity contribution in [1.82, 2.24) is 4.98 Å². The SMILES string of the molecule is O=C(Nc1ccc(Cl)nc1)c1ccc(S)cc1. The zero-order valence-corrected chi connectivity index (χ0v) is 10.4. The smallest absolute Gasteiger partial charge is 0.255 e. The standard InChI is InChI=1S/C12H9ClN2OS/c13-11-6-3-9(7-14-11)15-12(16)8-1-4-10(17)5-2-8/h1-7,17H,(H,15,16). The van der Waals surface area contributed by atoms with E-state index in [9.17, 15) is 4.79 Å². The van der Waals surface area contributed by atoms with Crippen LogP contribution >= 0.6 is 24.2 Å². The summed E-state index contributed by atoms with van der Waals surface area (Å²) >= 11 is 9.80. The molecule has 3 nitrogen and oxygen atoms in total. The van der Waals surface area contributed by atoms with Crippen molar-refractivity contribution in [1.29, 1.82) is 0 Å². The number of nitrogens with zero attached hydrogens (tertiary/aromatic N) is 1. The number of pyridine rings is 1. The summed E-state index contributed by atoms with van der Waals surface area (Å²) in [7, 11) is 0. The van der Waals surface area contributed by atoms with Gasteiger partial charge in [0.2, 0.25) is 0 Å². The van der Waals surface area contributed by atoms with E-state index in [0.29, 0.717) is 16.4 Å². The molecule has 1 amide bonds. The first-order chi connectivity index (χ1) is 8.15. The fourth-order valence-corrected chi connectivity index (χ4v) is 1.53. The molecule has 0 fully saturated rings. The van der Waals surface area contributed by atoms with Gasteiger partial charge >= 0.3 is 0 Å². The predicted molar refractivity (Wildman–Crippen MR) is 70.9 cm³/mol. The number of rotatable bonds is 2. The highest BCUT2D eigenvalue weighted by atomic mass is 35.5. The van der Waals surface area contributed by atoms with E-state index in [4.69, 9.17) is 11.6 Å². The van der Waals surface area contributed by atoms with E-state index in [2.05, 4.69) is 22.9 Å². The maximum atomic E-state index is 11.8. The van der Waals surface area contributed by atoms with Crippen molar-refractivity contribution in [2.75, 3.05) is 5.32 Å². The molecule has 86 valence electrons. The summed E-state index contributed by atoms with van der Waals surface area (Å²) in [6.07, 6.45) is 1.51. The van der Waals surface area contributed by atoms with Crippen molar-refractivity contribution in [2.45, 2.75) is 4.90 Å². The number of carbonyl (C=O) groups excluding carboxylic acids is 1. The van der Waals surface area contributed by atoms with Crippen LogP contribution in [0.4, 0.5) is 5.69 Å². The van der Waals surface area contributed by atoms with Crippen LogP contribution < -0.4 is 5.32 Å². The summed E-state index contributed by atoms with van der Waals surface area (Å²) < 4.78 is 0. The molecule has 0 saturated heterocycles. The van der Waals surface area contributed by atoms with E-state index in [1.807, 2.05) is 0 Å². The maximum absolute atomic E-state index is 11.8. The average molecular weight is 265 g/mol. The molecular formula is C12H9ClN2OS. The molecule has 0 atom stereocenters. The van der Waals surface area contributed by atoms with Gasteiger partial charge in [-0.1, -0.05) is 11.6 Å². The summed E-state index contributed by atoms with van der Waals surface area (Å²) in [6, 6.07) is 10.3. The van der Waals surface area contributed by atoms with E-state index < -0.39 is 0 Å². The van der Waals surface area contributed by atoms with Crippen LogP contribution in [0.5, 0.6) is 0 Å². The normalized spacial score (nSPS) is 10.0. The lowest BCUT2D eigenvalue weighted by molar-refractivity contribution is 0.102. The first kappa shape index (κ1) is 12.0. The number of carbonyl (C=O) groups is 1. The molecule has 2 aromatic rings. The van der Waals surface area contributed by atoms with Gasteiger partial charge in [-0.05, 0) is 36.4 Å². The lowest BCUT2D eigenvalue weighted by Crippen LogP contribution is -2.11. The number of anilines is 1. The van der Waals surface area contributed by atoms with Crippen LogP contribution in [0.3, 0.4) is 0 Å². The van der Waals surface area contributed by atoms with Gasteiger partial charge in [0.1, 0.15) is 5.15 Å². The van der Waals surface area contributed by atoms with Gasteiger partial charge in [0.25, 0.3) is 5.91 Å². The van der Waals surface area contributed by atoms with Crippen LogP contribution in [0.15, 0.2) is 47.5 Å². The molecular weight excluding hydrogens is 256 g/mol. The van der Waals surface area contributed by atoms with Crippen molar-refractivity contribution < 1.29 is 4.79 Å². The van der Waals surface area contributed by atoms with E-state index in [0.717, 1.165) is 4.90 Å². The molecule has 0 aliphatic carbocycles. The van der Waals surface area contributed by atoms with Crippen LogP contribution in [0.1, 0.15) is 10.4 Å². The molecule has 1 aromatic heterocycles. The highest BCUT2D eigenvalue weighted by Crippen LogP contribution is 2.12. The third-order valence-electron chi connectivity index (χ3n) is 2.11. The Morgan fingerprint density at radius 3 is 2.47 bits per heavy atom. The van der Waals surface area contributed by atoms with E-state index in [-0.39, 0.29) is 5.91 Å². The third-order valence-corrected chi connectivity index (χ3v) is 2.64. The molecule has 0 saturated carbocycles. The number of benzene rings is 1. The Morgan fingerprint density at radius 1 is 1.18 bits per heavy atom. The highest BCUT2D eigenvalue weighted by molar-refractivity contribution is 7.80. The Balaban J connectivity index is 2.11. The van der Waals surface area contributed by atoms with Crippen molar-refractivity contribution in [2.24, 2.45) is 0 Å². The molecule has 5 heteroatoms. The molecule has 1 heterocycles. The summed E-state index contributed by atoms with van der Waals surface area (Å²) in [6.45, 7) is 0. The molecule has 17 heavy (non-hydrogen) atoms. The Labute approximate surface area is 109 Å². The van der Waals surface area contributed by atoms with Crippen LogP contribution in [0.2, 0.25) is 5.15 Å². The lowest BCUT2D eigenvalue weighted by Gasteiger charge is -2.04. The number of thiol groups is 1. The van der Waals surface area contributed by atoms with E-state index in [1.165, 1.54) is 6.20 Å². The first-order valence-corrected chi connectivity index (χ1v) is 5.69. The van der Waals surface area contributed by atoms with Crippen molar-refractivity contribution >= 4 is 35.8 Å². The largest absolute Gasteiger partial charge is 0.321 e. The second kappa shape index (κ2) is 5.21. The zero-order valence-electron chi connectivity index (χ0n) is 8.72. The monoisotopic (exact) mass is 264 g/mol. The van der Waals surface area contributed by atoms with Gasteiger partial charge in [-0.15, -0.1) is 12.6 Å². The van der Waals surface area contributed by atoms with Gasteiger partial charge in [-0.2, -0.15) is 0 Å². The molecule has 2 rings (SSSR count). The fraction of sp³-hybridized carbons (Fsp3) is 0. The minimum atomic E-state index is -0.192. The average Bonchev–Trinajstić information content (AvgIpc) is 2.33. The van der Waals surface area contributed by atoms with Crippen molar-refractivity contribution in [3.8, 4) is 0 Å². The van der Waals surface area contributed by atoms with Gasteiger partial charge in [-0.3, -0.25) is 4.79 Å². The number of nitrogens with one attached hydrogen (secondary N) is 1. The summed E-state index contributed by atoms with van der Waals surface area (Å²) in [5, 5.41) is 3.11. The number of halogens is 1. The van der Waals surface area contributed by atoms with Gasteiger partial charge in [0.15, 0.2) is 0 Å². The van der Waals surface area contributed by atoms with Crippen LogP contribution in [-0.2, 0) is 0 Å². The minimum absolute atomic E-state index is 0.192. The van der Waals surface area contributed by atoms with Gasteiger partial charge in [0, 0.05) is 10.5 Å². The third kappa shape index (κ3) is 3.22. The lowest BCUT2D eigenvalue weighted by atomic mass is 10.2. The highest BCUT2D eigenvalue weighted by Gasteiger charge is 2.05. The molecule has 0 spiro atoms. The Kier molecular flexibility index (Phi) is 3.66. The molecule has 1 aromatic carbocycles.